The molecule has 0 aliphatic heterocycles. The Bertz CT molecular complexity index is 938. The minimum Gasteiger partial charge on any atom is -0.0876 e. The summed E-state index contributed by atoms with van der Waals surface area (Å²) in [5.41, 5.74) is 1.34. The van der Waals surface area contributed by atoms with Gasteiger partial charge in [-0.05, 0) is 62.1 Å². The van der Waals surface area contributed by atoms with Crippen LogP contribution in [-0.2, 0) is 5.33 Å². The molecule has 96 valence electrons. The highest BCUT2D eigenvalue weighted by Gasteiger charge is 2.03. The van der Waals surface area contributed by atoms with Gasteiger partial charge in [0.25, 0.3) is 0 Å². The molecule has 0 fully saturated rings. The maximum absolute atomic E-state index is 3.58. The molecule has 20 heavy (non-hydrogen) atoms. The minimum atomic E-state index is 0.892. The van der Waals surface area contributed by atoms with E-state index in [1.54, 1.807) is 0 Å². The lowest BCUT2D eigenvalue weighted by Crippen LogP contribution is -1.83. The van der Waals surface area contributed by atoms with Gasteiger partial charge in [0, 0.05) is 5.33 Å². The molecule has 4 aromatic rings. The third-order valence-corrected chi connectivity index (χ3v) is 4.54. The van der Waals surface area contributed by atoms with Gasteiger partial charge in [0.1, 0.15) is 0 Å². The predicted octanol–water partition coefficient (Wildman–Crippen LogP) is 6.04. The standard InChI is InChI=1S/C19H13Br/c20-12-16-7-3-6-15-10-17-8-13-4-1-2-5-14(13)9-18(17)11-19(15)16/h1-11H,12H2. The van der Waals surface area contributed by atoms with Gasteiger partial charge in [-0.25, -0.2) is 0 Å². The molecule has 0 atom stereocenters. The summed E-state index contributed by atoms with van der Waals surface area (Å²) >= 11 is 3.58. The summed E-state index contributed by atoms with van der Waals surface area (Å²) in [6, 6.07) is 24.2. The van der Waals surface area contributed by atoms with Crippen molar-refractivity contribution in [3.63, 3.8) is 0 Å². The number of hydrogen-bond acceptors (Lipinski definition) is 0. The van der Waals surface area contributed by atoms with Crippen LogP contribution in [-0.4, -0.2) is 0 Å². The summed E-state index contributed by atoms with van der Waals surface area (Å²) in [5, 5.41) is 8.76. The van der Waals surface area contributed by atoms with E-state index >= 15 is 0 Å². The molecule has 0 aliphatic rings. The Kier molecular flexibility index (Phi) is 2.75. The first-order valence-corrected chi connectivity index (χ1v) is 7.87. The highest BCUT2D eigenvalue weighted by Crippen LogP contribution is 2.29. The van der Waals surface area contributed by atoms with Gasteiger partial charge in [0.2, 0.25) is 0 Å². The van der Waals surface area contributed by atoms with E-state index in [-0.39, 0.29) is 0 Å². The third kappa shape index (κ3) is 1.82. The molecule has 0 bridgehead atoms. The summed E-state index contributed by atoms with van der Waals surface area (Å²) in [4.78, 5) is 0. The SMILES string of the molecule is BrCc1cccc2cc3cc4ccccc4cc3cc12. The average Bonchev–Trinajstić information content (AvgIpc) is 2.50. The van der Waals surface area contributed by atoms with Gasteiger partial charge in [0.05, 0.1) is 0 Å². The molecule has 0 N–H and O–H groups in total. The normalized spacial score (nSPS) is 11.4. The maximum Gasteiger partial charge on any atom is 0.0289 e. The minimum absolute atomic E-state index is 0.892. The molecule has 0 saturated carbocycles. The number of halogens is 1. The predicted molar refractivity (Wildman–Crippen MR) is 91.6 cm³/mol. The Morgan fingerprint density at radius 1 is 0.600 bits per heavy atom. The van der Waals surface area contributed by atoms with Crippen molar-refractivity contribution in [2.75, 3.05) is 0 Å². The van der Waals surface area contributed by atoms with Crippen LogP contribution in [0.4, 0.5) is 0 Å². The van der Waals surface area contributed by atoms with Crippen molar-refractivity contribution in [3.8, 4) is 0 Å². The summed E-state index contributed by atoms with van der Waals surface area (Å²) in [7, 11) is 0. The maximum atomic E-state index is 3.58. The van der Waals surface area contributed by atoms with E-state index in [2.05, 4.69) is 82.7 Å². The molecular formula is C19H13Br. The first-order valence-electron chi connectivity index (χ1n) is 6.75. The largest absolute Gasteiger partial charge is 0.0876 e. The number of fused-ring (bicyclic) bond motifs is 3. The third-order valence-electron chi connectivity index (χ3n) is 3.94. The van der Waals surface area contributed by atoms with Crippen LogP contribution in [0.5, 0.6) is 0 Å². The highest BCUT2D eigenvalue weighted by atomic mass is 79.9. The molecule has 0 amide bonds. The van der Waals surface area contributed by atoms with Crippen LogP contribution in [0.3, 0.4) is 0 Å². The monoisotopic (exact) mass is 320 g/mol. The van der Waals surface area contributed by atoms with E-state index in [9.17, 15) is 0 Å². The zero-order valence-corrected chi connectivity index (χ0v) is 12.5. The Balaban J connectivity index is 2.15. The molecule has 0 spiro atoms. The van der Waals surface area contributed by atoms with Crippen molar-refractivity contribution in [3.05, 3.63) is 72.3 Å². The molecule has 0 radical (unpaired) electrons. The van der Waals surface area contributed by atoms with Crippen molar-refractivity contribution < 1.29 is 0 Å². The molecule has 0 unspecified atom stereocenters. The quantitative estimate of drug-likeness (QED) is 0.296. The molecular weight excluding hydrogens is 308 g/mol. The van der Waals surface area contributed by atoms with Crippen LogP contribution in [0.25, 0.3) is 32.3 Å². The van der Waals surface area contributed by atoms with E-state index in [1.165, 1.54) is 37.9 Å². The van der Waals surface area contributed by atoms with Crippen molar-refractivity contribution in [1.82, 2.24) is 0 Å². The van der Waals surface area contributed by atoms with Crippen LogP contribution < -0.4 is 0 Å². The Labute approximate surface area is 126 Å². The Hall–Kier alpha value is -1.86. The molecule has 0 nitrogen and oxygen atoms in total. The summed E-state index contributed by atoms with van der Waals surface area (Å²) < 4.78 is 0. The molecule has 4 aromatic carbocycles. The lowest BCUT2D eigenvalue weighted by atomic mass is 9.98. The molecule has 1 heteroatoms. The van der Waals surface area contributed by atoms with Crippen molar-refractivity contribution in [1.29, 1.82) is 0 Å². The van der Waals surface area contributed by atoms with Gasteiger partial charge in [-0.3, -0.25) is 0 Å². The second-order valence-electron chi connectivity index (χ2n) is 5.17. The first kappa shape index (κ1) is 11.9. The van der Waals surface area contributed by atoms with Crippen molar-refractivity contribution in [2.45, 2.75) is 5.33 Å². The number of hydrogen-bond donors (Lipinski definition) is 0. The zero-order chi connectivity index (χ0) is 13.5. The lowest BCUT2D eigenvalue weighted by Gasteiger charge is -2.08. The van der Waals surface area contributed by atoms with Gasteiger partial charge < -0.3 is 0 Å². The van der Waals surface area contributed by atoms with Crippen LogP contribution in [0, 0.1) is 0 Å². The van der Waals surface area contributed by atoms with Gasteiger partial charge in [-0.1, -0.05) is 58.4 Å². The fourth-order valence-corrected chi connectivity index (χ4v) is 3.39. The lowest BCUT2D eigenvalue weighted by molar-refractivity contribution is 1.50. The van der Waals surface area contributed by atoms with Gasteiger partial charge in [0.15, 0.2) is 0 Å². The molecule has 0 saturated heterocycles. The van der Waals surface area contributed by atoms with Gasteiger partial charge in [-0.15, -0.1) is 0 Å². The number of alkyl halides is 1. The smallest absolute Gasteiger partial charge is 0.0289 e. The first-order chi connectivity index (χ1) is 9.85. The Morgan fingerprint density at radius 2 is 1.20 bits per heavy atom. The van der Waals surface area contributed by atoms with E-state index < -0.39 is 0 Å². The van der Waals surface area contributed by atoms with E-state index in [1.807, 2.05) is 0 Å². The molecule has 0 aromatic heterocycles. The summed E-state index contributed by atoms with van der Waals surface area (Å²) in [6.45, 7) is 0. The van der Waals surface area contributed by atoms with Gasteiger partial charge in [-0.2, -0.15) is 0 Å². The van der Waals surface area contributed by atoms with Crippen molar-refractivity contribution >= 4 is 48.2 Å². The number of benzene rings is 4. The van der Waals surface area contributed by atoms with E-state index in [0.29, 0.717) is 0 Å². The van der Waals surface area contributed by atoms with E-state index in [0.717, 1.165) is 5.33 Å². The summed E-state index contributed by atoms with van der Waals surface area (Å²) in [5.74, 6) is 0. The van der Waals surface area contributed by atoms with Gasteiger partial charge >= 0.3 is 0 Å². The highest BCUT2D eigenvalue weighted by molar-refractivity contribution is 9.08. The van der Waals surface area contributed by atoms with Crippen LogP contribution >= 0.6 is 15.9 Å². The van der Waals surface area contributed by atoms with Crippen molar-refractivity contribution in [2.24, 2.45) is 0 Å². The Morgan fingerprint density at radius 3 is 1.90 bits per heavy atom. The topological polar surface area (TPSA) is 0 Å². The average molecular weight is 321 g/mol. The molecule has 0 aliphatic carbocycles. The fourth-order valence-electron chi connectivity index (χ4n) is 2.90. The summed E-state index contributed by atoms with van der Waals surface area (Å²) in [6.07, 6.45) is 0. The number of rotatable bonds is 1. The zero-order valence-electron chi connectivity index (χ0n) is 10.9. The molecule has 0 heterocycles. The van der Waals surface area contributed by atoms with Crippen LogP contribution in [0.15, 0.2) is 66.7 Å². The van der Waals surface area contributed by atoms with Crippen LogP contribution in [0.1, 0.15) is 5.56 Å². The second kappa shape index (κ2) is 4.60. The van der Waals surface area contributed by atoms with E-state index in [4.69, 9.17) is 0 Å². The molecule has 4 rings (SSSR count). The fraction of sp³-hybridized carbons (Fsp3) is 0.0526. The second-order valence-corrected chi connectivity index (χ2v) is 5.73. The van der Waals surface area contributed by atoms with Crippen LogP contribution in [0.2, 0.25) is 0 Å².